The minimum absolute atomic E-state index is 0.320. The zero-order valence-electron chi connectivity index (χ0n) is 12.3. The summed E-state index contributed by atoms with van der Waals surface area (Å²) in [6, 6.07) is 2.30. The van der Waals surface area contributed by atoms with Gasteiger partial charge in [0.2, 0.25) is 5.95 Å². The topological polar surface area (TPSA) is 77.8 Å². The standard InChI is InChI=1S/C13H20N6O/c1-5-7-20-13-16-11(14-6-2)15-12(17-13)19-10(4)8-9(3)18-19/h8H,5-7H2,1-4H3,(H,14,15,16,17). The Balaban J connectivity index is 2.40. The van der Waals surface area contributed by atoms with Gasteiger partial charge >= 0.3 is 6.01 Å². The molecule has 0 saturated heterocycles. The van der Waals surface area contributed by atoms with Crippen LogP contribution in [0.4, 0.5) is 5.95 Å². The highest BCUT2D eigenvalue weighted by molar-refractivity contribution is 5.31. The monoisotopic (exact) mass is 276 g/mol. The Morgan fingerprint density at radius 3 is 2.60 bits per heavy atom. The first-order chi connectivity index (χ1) is 9.63. The molecule has 2 aromatic rings. The van der Waals surface area contributed by atoms with Gasteiger partial charge in [0.25, 0.3) is 5.95 Å². The third-order valence-corrected chi connectivity index (χ3v) is 2.57. The Bertz CT molecular complexity index is 580. The van der Waals surface area contributed by atoms with Gasteiger partial charge in [0.1, 0.15) is 0 Å². The quantitative estimate of drug-likeness (QED) is 0.868. The first-order valence-electron chi connectivity index (χ1n) is 6.80. The van der Waals surface area contributed by atoms with E-state index < -0.39 is 0 Å². The van der Waals surface area contributed by atoms with Gasteiger partial charge in [-0.1, -0.05) is 6.92 Å². The lowest BCUT2D eigenvalue weighted by Crippen LogP contribution is -2.12. The lowest BCUT2D eigenvalue weighted by Gasteiger charge is -2.09. The number of hydrogen-bond acceptors (Lipinski definition) is 6. The van der Waals surface area contributed by atoms with Gasteiger partial charge in [0, 0.05) is 12.2 Å². The minimum Gasteiger partial charge on any atom is -0.463 e. The zero-order chi connectivity index (χ0) is 14.5. The Hall–Kier alpha value is -2.18. The van der Waals surface area contributed by atoms with E-state index in [-0.39, 0.29) is 0 Å². The van der Waals surface area contributed by atoms with Crippen LogP contribution in [0.1, 0.15) is 31.7 Å². The van der Waals surface area contributed by atoms with Crippen molar-refractivity contribution in [3.8, 4) is 12.0 Å². The van der Waals surface area contributed by atoms with Crippen LogP contribution in [0.25, 0.3) is 5.95 Å². The molecule has 2 aromatic heterocycles. The average molecular weight is 276 g/mol. The highest BCUT2D eigenvalue weighted by Gasteiger charge is 2.12. The second-order valence-electron chi connectivity index (χ2n) is 4.46. The molecule has 7 heteroatoms. The molecule has 0 aliphatic heterocycles. The molecule has 0 atom stereocenters. The van der Waals surface area contributed by atoms with Crippen LogP contribution >= 0.6 is 0 Å². The van der Waals surface area contributed by atoms with E-state index in [9.17, 15) is 0 Å². The van der Waals surface area contributed by atoms with Gasteiger partial charge in [-0.2, -0.15) is 20.1 Å². The fourth-order valence-electron chi connectivity index (χ4n) is 1.77. The van der Waals surface area contributed by atoms with Gasteiger partial charge in [-0.05, 0) is 33.3 Å². The van der Waals surface area contributed by atoms with Crippen LogP contribution in [0.5, 0.6) is 6.01 Å². The SMILES string of the molecule is CCCOc1nc(NCC)nc(-n2nc(C)cc2C)n1. The molecule has 0 saturated carbocycles. The maximum absolute atomic E-state index is 5.51. The van der Waals surface area contributed by atoms with Crippen molar-refractivity contribution in [2.45, 2.75) is 34.1 Å². The van der Waals surface area contributed by atoms with Crippen molar-refractivity contribution < 1.29 is 4.74 Å². The van der Waals surface area contributed by atoms with Crippen LogP contribution in [-0.4, -0.2) is 37.9 Å². The molecule has 108 valence electrons. The Morgan fingerprint density at radius 1 is 1.20 bits per heavy atom. The van der Waals surface area contributed by atoms with Crippen molar-refractivity contribution in [3.05, 3.63) is 17.5 Å². The van der Waals surface area contributed by atoms with Crippen LogP contribution in [0.2, 0.25) is 0 Å². The van der Waals surface area contributed by atoms with Crippen LogP contribution in [-0.2, 0) is 0 Å². The number of ether oxygens (including phenoxy) is 1. The molecule has 0 aromatic carbocycles. The minimum atomic E-state index is 0.320. The van der Waals surface area contributed by atoms with E-state index >= 15 is 0 Å². The van der Waals surface area contributed by atoms with Crippen molar-refractivity contribution in [3.63, 3.8) is 0 Å². The summed E-state index contributed by atoms with van der Waals surface area (Å²) in [5.74, 6) is 0.962. The van der Waals surface area contributed by atoms with Crippen LogP contribution in [0.15, 0.2) is 6.07 Å². The molecule has 1 N–H and O–H groups in total. The maximum Gasteiger partial charge on any atom is 0.323 e. The fraction of sp³-hybridized carbons (Fsp3) is 0.538. The molecule has 2 heterocycles. The molecular weight excluding hydrogens is 256 g/mol. The molecular formula is C13H20N6O. The summed E-state index contributed by atoms with van der Waals surface area (Å²) >= 11 is 0. The predicted octanol–water partition coefficient (Wildman–Crippen LogP) is 1.89. The zero-order valence-corrected chi connectivity index (χ0v) is 12.3. The second-order valence-corrected chi connectivity index (χ2v) is 4.46. The Labute approximate surface area is 118 Å². The number of nitrogens with zero attached hydrogens (tertiary/aromatic N) is 5. The third kappa shape index (κ3) is 3.23. The van der Waals surface area contributed by atoms with Crippen LogP contribution in [0.3, 0.4) is 0 Å². The van der Waals surface area contributed by atoms with Crippen molar-refractivity contribution >= 4 is 5.95 Å². The van der Waals surface area contributed by atoms with Crippen molar-refractivity contribution in [2.75, 3.05) is 18.5 Å². The normalized spacial score (nSPS) is 10.6. The fourth-order valence-corrected chi connectivity index (χ4v) is 1.77. The summed E-state index contributed by atoms with van der Waals surface area (Å²) in [6.45, 7) is 9.22. The van der Waals surface area contributed by atoms with E-state index in [0.717, 1.165) is 24.4 Å². The smallest absolute Gasteiger partial charge is 0.323 e. The maximum atomic E-state index is 5.51. The summed E-state index contributed by atoms with van der Waals surface area (Å²) in [7, 11) is 0. The summed E-state index contributed by atoms with van der Waals surface area (Å²) in [5, 5.41) is 7.46. The van der Waals surface area contributed by atoms with E-state index in [1.165, 1.54) is 0 Å². The molecule has 0 aliphatic carbocycles. The second kappa shape index (κ2) is 6.31. The summed E-state index contributed by atoms with van der Waals surface area (Å²) < 4.78 is 7.20. The number of anilines is 1. The summed E-state index contributed by atoms with van der Waals surface area (Å²) in [4.78, 5) is 12.9. The van der Waals surface area contributed by atoms with Crippen LogP contribution in [0, 0.1) is 13.8 Å². The number of aryl methyl sites for hydroxylation is 2. The Kier molecular flexibility index (Phi) is 4.49. The molecule has 0 aliphatic rings. The van der Waals surface area contributed by atoms with E-state index in [2.05, 4.69) is 25.4 Å². The highest BCUT2D eigenvalue weighted by atomic mass is 16.5. The van der Waals surface area contributed by atoms with Gasteiger partial charge in [-0.3, -0.25) is 0 Å². The lowest BCUT2D eigenvalue weighted by molar-refractivity contribution is 0.291. The first kappa shape index (κ1) is 14.2. The Morgan fingerprint density at radius 2 is 2.00 bits per heavy atom. The van der Waals surface area contributed by atoms with Crippen molar-refractivity contribution in [1.82, 2.24) is 24.7 Å². The number of hydrogen-bond donors (Lipinski definition) is 1. The molecule has 0 bridgehead atoms. The van der Waals surface area contributed by atoms with Crippen molar-refractivity contribution in [1.29, 1.82) is 0 Å². The largest absolute Gasteiger partial charge is 0.463 e. The van der Waals surface area contributed by atoms with Gasteiger partial charge in [-0.25, -0.2) is 4.68 Å². The van der Waals surface area contributed by atoms with E-state index in [0.29, 0.717) is 24.5 Å². The molecule has 20 heavy (non-hydrogen) atoms. The predicted molar refractivity (Wildman–Crippen MR) is 76.4 cm³/mol. The van der Waals surface area contributed by atoms with E-state index in [1.54, 1.807) is 4.68 Å². The summed E-state index contributed by atoms with van der Waals surface area (Å²) in [5.41, 5.74) is 1.89. The van der Waals surface area contributed by atoms with Crippen molar-refractivity contribution in [2.24, 2.45) is 0 Å². The molecule has 0 radical (unpaired) electrons. The molecule has 7 nitrogen and oxygen atoms in total. The molecule has 0 unspecified atom stereocenters. The van der Waals surface area contributed by atoms with E-state index in [4.69, 9.17) is 4.74 Å². The summed E-state index contributed by atoms with van der Waals surface area (Å²) in [6.07, 6.45) is 0.900. The van der Waals surface area contributed by atoms with Crippen LogP contribution < -0.4 is 10.1 Å². The first-order valence-corrected chi connectivity index (χ1v) is 6.80. The number of nitrogens with one attached hydrogen (secondary N) is 1. The molecule has 2 rings (SSSR count). The number of rotatable bonds is 6. The lowest BCUT2D eigenvalue weighted by atomic mass is 10.4. The molecule has 0 amide bonds. The number of aromatic nitrogens is 5. The highest BCUT2D eigenvalue weighted by Crippen LogP contribution is 2.13. The van der Waals surface area contributed by atoms with E-state index in [1.807, 2.05) is 33.8 Å². The molecule has 0 spiro atoms. The van der Waals surface area contributed by atoms with Gasteiger partial charge in [-0.15, -0.1) is 0 Å². The van der Waals surface area contributed by atoms with Gasteiger partial charge < -0.3 is 10.1 Å². The van der Waals surface area contributed by atoms with Gasteiger partial charge in [0.15, 0.2) is 0 Å². The average Bonchev–Trinajstić information content (AvgIpc) is 2.75. The van der Waals surface area contributed by atoms with Gasteiger partial charge in [0.05, 0.1) is 12.3 Å². The molecule has 0 fully saturated rings. The third-order valence-electron chi connectivity index (χ3n) is 2.57.